The fraction of sp³-hybridized carbons (Fsp3) is 0.636. The van der Waals surface area contributed by atoms with Crippen molar-refractivity contribution in [3.63, 3.8) is 0 Å². The van der Waals surface area contributed by atoms with Crippen LogP contribution in [0.3, 0.4) is 0 Å². The molecule has 0 aromatic heterocycles. The Morgan fingerprint density at radius 3 is 2.74 bits per heavy atom. The monoisotopic (exact) mass is 327 g/mol. The molecule has 1 saturated heterocycles. The van der Waals surface area contributed by atoms with Gasteiger partial charge in [0.2, 0.25) is 15.0 Å². The van der Waals surface area contributed by atoms with E-state index in [9.17, 15) is 18.6 Å². The third-order valence-corrected chi connectivity index (χ3v) is 6.62. The van der Waals surface area contributed by atoms with Gasteiger partial charge in [0.05, 0.1) is 11.6 Å². The Hall–Kier alpha value is -0.110. The zero-order valence-electron chi connectivity index (χ0n) is 10.1. The van der Waals surface area contributed by atoms with Gasteiger partial charge in [0.15, 0.2) is 0 Å². The third kappa shape index (κ3) is 2.46. The maximum atomic E-state index is 12.6. The number of nitrogens with zero attached hydrogens (tertiary/aromatic N) is 1. The van der Waals surface area contributed by atoms with Gasteiger partial charge in [0, 0.05) is 24.0 Å². The van der Waals surface area contributed by atoms with Crippen LogP contribution >= 0.6 is 23.2 Å². The summed E-state index contributed by atoms with van der Waals surface area (Å²) in [6.45, 7) is 0.00469. The molecule has 108 valence electrons. The molecule has 2 N–H and O–H groups in total. The maximum absolute atomic E-state index is 12.6. The van der Waals surface area contributed by atoms with Crippen molar-refractivity contribution >= 4 is 33.2 Å². The van der Waals surface area contributed by atoms with E-state index in [1.807, 2.05) is 0 Å². The summed E-state index contributed by atoms with van der Waals surface area (Å²) < 4.78 is 26.3. The van der Waals surface area contributed by atoms with E-state index in [0.29, 0.717) is 17.9 Å². The fourth-order valence-corrected chi connectivity index (χ4v) is 5.01. The van der Waals surface area contributed by atoms with E-state index in [-0.39, 0.29) is 24.6 Å². The summed E-state index contributed by atoms with van der Waals surface area (Å²) >= 11 is 11.6. The summed E-state index contributed by atoms with van der Waals surface area (Å²) in [5.41, 5.74) is 0. The first-order chi connectivity index (χ1) is 8.83. The quantitative estimate of drug-likeness (QED) is 0.814. The topological polar surface area (TPSA) is 77.8 Å². The molecular weight excluding hydrogens is 313 g/mol. The van der Waals surface area contributed by atoms with E-state index in [2.05, 4.69) is 0 Å². The van der Waals surface area contributed by atoms with Gasteiger partial charge in [0.1, 0.15) is 0 Å². The van der Waals surface area contributed by atoms with E-state index in [0.717, 1.165) is 4.31 Å². The van der Waals surface area contributed by atoms with Gasteiger partial charge in [-0.15, -0.1) is 0 Å². The molecule has 5 nitrogen and oxygen atoms in total. The van der Waals surface area contributed by atoms with Crippen molar-refractivity contribution in [3.8, 4) is 0 Å². The minimum Gasteiger partial charge on any atom is -0.395 e. The van der Waals surface area contributed by atoms with Crippen molar-refractivity contribution in [1.82, 2.24) is 4.31 Å². The number of rotatable bonds is 3. The van der Waals surface area contributed by atoms with Crippen LogP contribution in [0.15, 0.2) is 22.2 Å². The molecule has 2 rings (SSSR count). The molecule has 1 heterocycles. The Morgan fingerprint density at radius 2 is 2.16 bits per heavy atom. The van der Waals surface area contributed by atoms with Crippen molar-refractivity contribution in [1.29, 1.82) is 0 Å². The lowest BCUT2D eigenvalue weighted by molar-refractivity contribution is 0.150. The highest BCUT2D eigenvalue weighted by Gasteiger charge is 2.51. The minimum atomic E-state index is -4.07. The van der Waals surface area contributed by atoms with E-state index < -0.39 is 21.0 Å². The molecule has 1 aliphatic carbocycles. The van der Waals surface area contributed by atoms with Gasteiger partial charge in [-0.25, -0.2) is 8.42 Å². The minimum absolute atomic E-state index is 0.196. The van der Waals surface area contributed by atoms with Crippen LogP contribution in [-0.2, 0) is 10.0 Å². The summed E-state index contributed by atoms with van der Waals surface area (Å²) in [7, 11) is -4.07. The molecule has 19 heavy (non-hydrogen) atoms. The molecule has 8 heteroatoms. The fourth-order valence-electron chi connectivity index (χ4n) is 2.36. The summed E-state index contributed by atoms with van der Waals surface area (Å²) in [4.78, 5) is -2.19. The van der Waals surface area contributed by atoms with E-state index in [1.165, 1.54) is 12.2 Å². The van der Waals surface area contributed by atoms with Gasteiger partial charge in [-0.2, -0.15) is 4.31 Å². The summed E-state index contributed by atoms with van der Waals surface area (Å²) in [5.74, 6) is 0. The van der Waals surface area contributed by atoms with Crippen molar-refractivity contribution < 1.29 is 18.6 Å². The number of allylic oxidation sites excluding steroid dienone is 2. The largest absolute Gasteiger partial charge is 0.395 e. The van der Waals surface area contributed by atoms with Gasteiger partial charge in [-0.1, -0.05) is 29.3 Å². The molecule has 2 aliphatic rings. The Labute approximate surface area is 122 Å². The van der Waals surface area contributed by atoms with E-state index in [4.69, 9.17) is 23.2 Å². The lowest BCUT2D eigenvalue weighted by Gasteiger charge is -2.34. The first-order valence-corrected chi connectivity index (χ1v) is 8.10. The molecule has 0 amide bonds. The molecule has 0 aromatic carbocycles. The van der Waals surface area contributed by atoms with Crippen molar-refractivity contribution in [2.45, 2.75) is 30.2 Å². The number of hydrogen-bond donors (Lipinski definition) is 2. The predicted octanol–water partition coefficient (Wildman–Crippen LogP) is 1.11. The van der Waals surface area contributed by atoms with Crippen molar-refractivity contribution in [3.05, 3.63) is 22.2 Å². The molecule has 1 aliphatic heterocycles. The summed E-state index contributed by atoms with van der Waals surface area (Å²) in [6.07, 6.45) is 3.67. The average molecular weight is 328 g/mol. The van der Waals surface area contributed by atoms with Gasteiger partial charge < -0.3 is 10.2 Å². The van der Waals surface area contributed by atoms with E-state index >= 15 is 0 Å². The molecule has 1 unspecified atom stereocenters. The maximum Gasteiger partial charge on any atom is 0.249 e. The van der Waals surface area contributed by atoms with Crippen LogP contribution in [0, 0.1) is 0 Å². The van der Waals surface area contributed by atoms with Gasteiger partial charge in [-0.05, 0) is 18.9 Å². The number of sulfonamides is 1. The predicted molar refractivity (Wildman–Crippen MR) is 73.2 cm³/mol. The molecule has 0 aromatic rings. The van der Waals surface area contributed by atoms with Crippen molar-refractivity contribution in [2.24, 2.45) is 0 Å². The number of hydrogen-bond acceptors (Lipinski definition) is 4. The summed E-state index contributed by atoms with van der Waals surface area (Å²) in [5, 5.41) is 19.7. The Bertz CT molecular complexity index is 531. The molecule has 0 bridgehead atoms. The van der Waals surface area contributed by atoms with Crippen LogP contribution in [0.25, 0.3) is 0 Å². The van der Waals surface area contributed by atoms with Crippen LogP contribution in [0.5, 0.6) is 0 Å². The highest BCUT2D eigenvalue weighted by atomic mass is 35.5. The second-order valence-corrected chi connectivity index (χ2v) is 7.60. The number of aliphatic hydroxyl groups is 2. The van der Waals surface area contributed by atoms with E-state index in [1.54, 1.807) is 0 Å². The van der Waals surface area contributed by atoms with Crippen LogP contribution in [0.2, 0.25) is 0 Å². The highest BCUT2D eigenvalue weighted by Crippen LogP contribution is 2.40. The SMILES string of the molecule is O=S(=O)(N1CCC[C@H]1CO)C1(O)CC=C(Cl)C=C1Cl. The van der Waals surface area contributed by atoms with Gasteiger partial charge in [-0.3, -0.25) is 0 Å². The third-order valence-electron chi connectivity index (χ3n) is 3.48. The molecular formula is C11H15Cl2NO4S. The molecule has 0 saturated carbocycles. The smallest absolute Gasteiger partial charge is 0.249 e. The van der Waals surface area contributed by atoms with Crippen LogP contribution in [-0.4, -0.2) is 47.1 Å². The van der Waals surface area contributed by atoms with Crippen LogP contribution in [0.1, 0.15) is 19.3 Å². The first-order valence-electron chi connectivity index (χ1n) is 5.91. The molecule has 1 fully saturated rings. The lowest BCUT2D eigenvalue weighted by Crippen LogP contribution is -2.51. The Morgan fingerprint density at radius 1 is 1.47 bits per heavy atom. The molecule has 0 spiro atoms. The normalized spacial score (nSPS) is 33.2. The van der Waals surface area contributed by atoms with Crippen LogP contribution in [0.4, 0.5) is 0 Å². The second-order valence-electron chi connectivity index (χ2n) is 4.66. The summed E-state index contributed by atoms with van der Waals surface area (Å²) in [6, 6.07) is -0.500. The standard InChI is InChI=1S/C11H15Cl2NO4S/c12-8-3-4-11(16,10(13)6-8)19(17,18)14-5-1-2-9(14)7-15/h3,6,9,15-16H,1-2,4-5,7H2/t9-,11?/m0/s1. The highest BCUT2D eigenvalue weighted by molar-refractivity contribution is 7.90. The molecule has 0 radical (unpaired) electrons. The molecule has 2 atom stereocenters. The second kappa shape index (κ2) is 5.35. The Balaban J connectivity index is 2.37. The van der Waals surface area contributed by atoms with Gasteiger partial charge in [0.25, 0.3) is 0 Å². The average Bonchev–Trinajstić information content (AvgIpc) is 2.83. The van der Waals surface area contributed by atoms with Crippen LogP contribution < -0.4 is 0 Å². The number of aliphatic hydroxyl groups excluding tert-OH is 1. The number of halogens is 2. The lowest BCUT2D eigenvalue weighted by atomic mass is 10.1. The first kappa shape index (κ1) is 15.3. The Kier molecular flexibility index (Phi) is 4.30. The zero-order chi connectivity index (χ0) is 14.3. The van der Waals surface area contributed by atoms with Crippen molar-refractivity contribution in [2.75, 3.05) is 13.2 Å². The zero-order valence-corrected chi connectivity index (χ0v) is 12.4. The van der Waals surface area contributed by atoms with Gasteiger partial charge >= 0.3 is 0 Å².